The highest BCUT2D eigenvalue weighted by molar-refractivity contribution is 14.0. The number of unbranched alkanes of at least 4 members (excludes halogenated alkanes) is 1. The highest BCUT2D eigenvalue weighted by Crippen LogP contribution is 2.19. The number of non-ortho nitro benzene ring substituents is 1. The van der Waals surface area contributed by atoms with E-state index in [4.69, 9.17) is 0 Å². The second-order valence-corrected chi connectivity index (χ2v) is 7.71. The zero-order chi connectivity index (χ0) is 18.0. The number of benzene rings is 1. The van der Waals surface area contributed by atoms with Crippen LogP contribution in [0.1, 0.15) is 32.3 Å². The highest BCUT2D eigenvalue weighted by atomic mass is 127. The molecule has 142 valence electrons. The smallest absolute Gasteiger partial charge is 0.269 e. The Bertz CT molecular complexity index is 550. The summed E-state index contributed by atoms with van der Waals surface area (Å²) in [6.07, 6.45) is 5.07. The number of thioether (sulfide) groups is 1. The predicted molar refractivity (Wildman–Crippen MR) is 118 cm³/mol. The Morgan fingerprint density at radius 1 is 1.24 bits per heavy atom. The third-order valence-electron chi connectivity index (χ3n) is 3.79. The highest BCUT2D eigenvalue weighted by Gasteiger charge is 2.15. The number of guanidine groups is 1. The molecular weight excluding hydrogens is 451 g/mol. The van der Waals surface area contributed by atoms with E-state index >= 15 is 0 Å². The second-order valence-electron chi connectivity index (χ2n) is 6.20. The second kappa shape index (κ2) is 12.3. The number of halogens is 1. The molecule has 0 atom stereocenters. The van der Waals surface area contributed by atoms with Crippen LogP contribution in [0.5, 0.6) is 0 Å². The van der Waals surface area contributed by atoms with Gasteiger partial charge in [0.05, 0.1) is 4.92 Å². The number of nitrogens with one attached hydrogen (secondary N) is 2. The Morgan fingerprint density at radius 2 is 1.88 bits per heavy atom. The quantitative estimate of drug-likeness (QED) is 0.140. The fourth-order valence-electron chi connectivity index (χ4n) is 2.03. The van der Waals surface area contributed by atoms with Crippen LogP contribution in [0.2, 0.25) is 0 Å². The number of nitro benzene ring substituents is 1. The Labute approximate surface area is 171 Å². The van der Waals surface area contributed by atoms with E-state index in [0.29, 0.717) is 0 Å². The number of aryl methyl sites for hydroxylation is 1. The fraction of sp³-hybridized carbons (Fsp3) is 0.588. The van der Waals surface area contributed by atoms with Crippen LogP contribution < -0.4 is 10.6 Å². The minimum Gasteiger partial charge on any atom is -0.356 e. The average molecular weight is 480 g/mol. The molecule has 6 nitrogen and oxygen atoms in total. The Morgan fingerprint density at radius 3 is 2.40 bits per heavy atom. The molecular formula is C17H29IN4O2S. The molecule has 0 saturated carbocycles. The van der Waals surface area contributed by atoms with E-state index in [9.17, 15) is 10.1 Å². The van der Waals surface area contributed by atoms with Gasteiger partial charge in [0.2, 0.25) is 0 Å². The molecule has 1 rings (SSSR count). The van der Waals surface area contributed by atoms with Gasteiger partial charge in [0.15, 0.2) is 5.96 Å². The summed E-state index contributed by atoms with van der Waals surface area (Å²) in [6.45, 7) is 6.10. The van der Waals surface area contributed by atoms with Crippen LogP contribution in [0.25, 0.3) is 0 Å². The van der Waals surface area contributed by atoms with E-state index in [1.807, 2.05) is 23.9 Å². The summed E-state index contributed by atoms with van der Waals surface area (Å²) >= 11 is 1.82. The van der Waals surface area contributed by atoms with Gasteiger partial charge in [0, 0.05) is 37.0 Å². The van der Waals surface area contributed by atoms with Crippen LogP contribution in [-0.2, 0) is 6.42 Å². The lowest BCUT2D eigenvalue weighted by atomic mass is 10.1. The van der Waals surface area contributed by atoms with Gasteiger partial charge in [0.25, 0.3) is 5.69 Å². The monoisotopic (exact) mass is 480 g/mol. The van der Waals surface area contributed by atoms with Crippen molar-refractivity contribution in [3.63, 3.8) is 0 Å². The Balaban J connectivity index is 0.00000576. The van der Waals surface area contributed by atoms with Crippen molar-refractivity contribution < 1.29 is 4.92 Å². The zero-order valence-corrected chi connectivity index (χ0v) is 18.5. The van der Waals surface area contributed by atoms with E-state index < -0.39 is 0 Å². The Kier molecular flexibility index (Phi) is 11.8. The fourth-order valence-corrected chi connectivity index (χ4v) is 2.25. The molecule has 0 radical (unpaired) electrons. The Hall–Kier alpha value is -1.03. The summed E-state index contributed by atoms with van der Waals surface area (Å²) in [5, 5.41) is 17.3. The van der Waals surface area contributed by atoms with Gasteiger partial charge in [-0.05, 0) is 44.9 Å². The van der Waals surface area contributed by atoms with E-state index in [2.05, 4.69) is 35.7 Å². The van der Waals surface area contributed by atoms with Crippen molar-refractivity contribution >= 4 is 47.4 Å². The van der Waals surface area contributed by atoms with Gasteiger partial charge in [-0.25, -0.2) is 0 Å². The summed E-state index contributed by atoms with van der Waals surface area (Å²) in [4.78, 5) is 14.5. The zero-order valence-electron chi connectivity index (χ0n) is 15.4. The van der Waals surface area contributed by atoms with Crippen LogP contribution >= 0.6 is 35.7 Å². The molecule has 0 fully saturated rings. The van der Waals surface area contributed by atoms with Gasteiger partial charge >= 0.3 is 0 Å². The van der Waals surface area contributed by atoms with Crippen molar-refractivity contribution in [3.05, 3.63) is 39.9 Å². The molecule has 0 spiro atoms. The van der Waals surface area contributed by atoms with E-state index in [-0.39, 0.29) is 39.3 Å². The summed E-state index contributed by atoms with van der Waals surface area (Å²) in [5.74, 6) is 0.826. The molecule has 0 aromatic heterocycles. The van der Waals surface area contributed by atoms with E-state index in [1.54, 1.807) is 19.2 Å². The lowest BCUT2D eigenvalue weighted by Gasteiger charge is -2.23. The number of hydrogen-bond donors (Lipinski definition) is 2. The molecule has 0 aliphatic rings. The molecule has 0 amide bonds. The SMILES string of the molecule is CN=C(NCCCCc1ccc([N+](=O)[O-])cc1)NCC(C)(C)SC.I. The predicted octanol–water partition coefficient (Wildman–Crippen LogP) is 3.84. The molecule has 1 aromatic carbocycles. The first-order valence-electron chi connectivity index (χ1n) is 8.11. The van der Waals surface area contributed by atoms with Gasteiger partial charge in [-0.2, -0.15) is 11.8 Å². The minimum absolute atomic E-state index is 0. The summed E-state index contributed by atoms with van der Waals surface area (Å²) < 4.78 is 0.174. The average Bonchev–Trinajstić information content (AvgIpc) is 2.57. The first kappa shape index (κ1) is 24.0. The van der Waals surface area contributed by atoms with Gasteiger partial charge in [-0.15, -0.1) is 24.0 Å². The molecule has 0 unspecified atom stereocenters. The van der Waals surface area contributed by atoms with Gasteiger partial charge < -0.3 is 10.6 Å². The van der Waals surface area contributed by atoms with Gasteiger partial charge in [-0.3, -0.25) is 15.1 Å². The number of aliphatic imine (C=N–C) groups is 1. The van der Waals surface area contributed by atoms with Crippen molar-refractivity contribution in [3.8, 4) is 0 Å². The van der Waals surface area contributed by atoms with Crippen molar-refractivity contribution in [1.82, 2.24) is 10.6 Å². The van der Waals surface area contributed by atoms with Crippen molar-refractivity contribution in [2.75, 3.05) is 26.4 Å². The lowest BCUT2D eigenvalue weighted by Crippen LogP contribution is -2.43. The maximum atomic E-state index is 10.6. The van der Waals surface area contributed by atoms with Gasteiger partial charge in [-0.1, -0.05) is 12.1 Å². The first-order valence-corrected chi connectivity index (χ1v) is 9.33. The van der Waals surface area contributed by atoms with Crippen molar-refractivity contribution in [2.45, 2.75) is 37.9 Å². The van der Waals surface area contributed by atoms with E-state index in [0.717, 1.165) is 43.9 Å². The van der Waals surface area contributed by atoms with Crippen LogP contribution in [0.15, 0.2) is 29.3 Å². The summed E-state index contributed by atoms with van der Waals surface area (Å²) in [7, 11) is 1.78. The molecule has 8 heteroatoms. The number of rotatable bonds is 9. The van der Waals surface area contributed by atoms with Crippen molar-refractivity contribution in [2.24, 2.45) is 4.99 Å². The van der Waals surface area contributed by atoms with Crippen LogP contribution in [-0.4, -0.2) is 42.0 Å². The standard InChI is InChI=1S/C17H28N4O2S.HI/c1-17(2,24-4)13-20-16(18-3)19-12-6-5-7-14-8-10-15(11-9-14)21(22)23;/h8-11H,5-7,12-13H2,1-4H3,(H2,18,19,20);1H. The molecule has 0 heterocycles. The minimum atomic E-state index is -0.370. The normalized spacial score (nSPS) is 11.6. The molecule has 2 N–H and O–H groups in total. The third kappa shape index (κ3) is 9.88. The van der Waals surface area contributed by atoms with Crippen LogP contribution in [0.3, 0.4) is 0 Å². The molecule has 0 bridgehead atoms. The molecule has 1 aromatic rings. The number of nitro groups is 1. The lowest BCUT2D eigenvalue weighted by molar-refractivity contribution is -0.384. The summed E-state index contributed by atoms with van der Waals surface area (Å²) in [6, 6.07) is 6.78. The van der Waals surface area contributed by atoms with E-state index in [1.165, 1.54) is 0 Å². The van der Waals surface area contributed by atoms with Crippen molar-refractivity contribution in [1.29, 1.82) is 0 Å². The van der Waals surface area contributed by atoms with Gasteiger partial charge in [0.1, 0.15) is 0 Å². The molecule has 0 aliphatic carbocycles. The first-order chi connectivity index (χ1) is 11.4. The third-order valence-corrected chi connectivity index (χ3v) is 5.04. The molecule has 0 saturated heterocycles. The largest absolute Gasteiger partial charge is 0.356 e. The maximum absolute atomic E-state index is 10.6. The van der Waals surface area contributed by atoms with Crippen LogP contribution in [0, 0.1) is 10.1 Å². The summed E-state index contributed by atoms with van der Waals surface area (Å²) in [5.41, 5.74) is 1.27. The topological polar surface area (TPSA) is 79.6 Å². The number of hydrogen-bond acceptors (Lipinski definition) is 4. The molecule has 25 heavy (non-hydrogen) atoms. The maximum Gasteiger partial charge on any atom is 0.269 e. The molecule has 0 aliphatic heterocycles. The number of nitrogens with zero attached hydrogens (tertiary/aromatic N) is 2. The van der Waals surface area contributed by atoms with Crippen LogP contribution in [0.4, 0.5) is 5.69 Å².